The van der Waals surface area contributed by atoms with E-state index in [9.17, 15) is 30.3 Å². The van der Waals surface area contributed by atoms with Gasteiger partial charge in [0.15, 0.2) is 6.29 Å². The molecule has 0 bridgehead atoms. The molecule has 0 spiro atoms. The fourth-order valence-electron chi connectivity index (χ4n) is 7.56. The van der Waals surface area contributed by atoms with E-state index in [1.54, 1.807) is 0 Å². The first-order valence-electron chi connectivity index (χ1n) is 24.3. The Balaban J connectivity index is 2.30. The molecule has 7 atom stereocenters. The molecule has 9 nitrogen and oxygen atoms in total. The Hall–Kier alpha value is -1.85. The normalized spacial score (nSPS) is 21.1. The van der Waals surface area contributed by atoms with Crippen molar-refractivity contribution in [3.63, 3.8) is 0 Å². The Morgan fingerprint density at radius 2 is 1.05 bits per heavy atom. The maximum absolute atomic E-state index is 13.0. The number of allylic oxidation sites excluding steroid dienone is 8. The highest BCUT2D eigenvalue weighted by Gasteiger charge is 2.44. The summed E-state index contributed by atoms with van der Waals surface area (Å²) in [5.41, 5.74) is 0. The van der Waals surface area contributed by atoms with Gasteiger partial charge in [-0.15, -0.1) is 0 Å². The molecular formula is C50H91NO8. The zero-order valence-corrected chi connectivity index (χ0v) is 37.7. The fourth-order valence-corrected chi connectivity index (χ4v) is 7.56. The van der Waals surface area contributed by atoms with Crippen molar-refractivity contribution in [1.82, 2.24) is 5.32 Å². The number of carbonyl (C=O) groups excluding carboxylic acids is 1. The summed E-state index contributed by atoms with van der Waals surface area (Å²) >= 11 is 0. The van der Waals surface area contributed by atoms with Crippen molar-refractivity contribution < 1.29 is 39.8 Å². The van der Waals surface area contributed by atoms with E-state index in [2.05, 4.69) is 67.8 Å². The maximum atomic E-state index is 13.0. The van der Waals surface area contributed by atoms with Crippen molar-refractivity contribution in [3.05, 3.63) is 48.6 Å². The average molecular weight is 834 g/mol. The standard InChI is InChI=1S/C50H91NO8/c1-3-5-7-9-11-13-15-17-19-20-21-22-23-24-26-28-30-32-34-36-38-40-46(54)51-43(42-58-50-49(57)48(56)47(55)45(41-52)59-50)44(53)39-37-35-33-31-29-27-25-18-16-14-12-10-8-6-4-2/h5,7,11,13,17,19,21-22,43-45,47-50,52-53,55-57H,3-4,6,8-10,12,14-16,18,20,23-42H2,1-2H3,(H,51,54)/b7-5-,13-11-,19-17-,22-21-. The number of amides is 1. The van der Waals surface area contributed by atoms with Crippen LogP contribution in [0.2, 0.25) is 0 Å². The molecule has 1 heterocycles. The van der Waals surface area contributed by atoms with Crippen LogP contribution in [0.5, 0.6) is 0 Å². The molecule has 59 heavy (non-hydrogen) atoms. The van der Waals surface area contributed by atoms with Crippen LogP contribution < -0.4 is 5.32 Å². The molecule has 1 amide bonds. The highest BCUT2D eigenvalue weighted by molar-refractivity contribution is 5.76. The van der Waals surface area contributed by atoms with E-state index in [1.165, 1.54) is 109 Å². The van der Waals surface area contributed by atoms with E-state index in [4.69, 9.17) is 9.47 Å². The van der Waals surface area contributed by atoms with E-state index in [-0.39, 0.29) is 12.5 Å². The van der Waals surface area contributed by atoms with Gasteiger partial charge in [0, 0.05) is 6.42 Å². The molecular weight excluding hydrogens is 743 g/mol. The highest BCUT2D eigenvalue weighted by Crippen LogP contribution is 2.23. The summed E-state index contributed by atoms with van der Waals surface area (Å²) in [7, 11) is 0. The molecule has 344 valence electrons. The Kier molecular flexibility index (Phi) is 37.6. The number of nitrogens with one attached hydrogen (secondary N) is 1. The monoisotopic (exact) mass is 834 g/mol. The number of aliphatic hydroxyl groups excluding tert-OH is 5. The topological polar surface area (TPSA) is 149 Å². The number of aliphatic hydroxyl groups is 5. The molecule has 9 heteroatoms. The first kappa shape index (κ1) is 55.2. The fraction of sp³-hybridized carbons (Fsp3) is 0.820. The number of hydrogen-bond donors (Lipinski definition) is 6. The van der Waals surface area contributed by atoms with Gasteiger partial charge in [0.1, 0.15) is 24.4 Å². The van der Waals surface area contributed by atoms with Gasteiger partial charge < -0.3 is 40.3 Å². The summed E-state index contributed by atoms with van der Waals surface area (Å²) in [6, 6.07) is -0.724. The van der Waals surface area contributed by atoms with Crippen molar-refractivity contribution >= 4 is 5.91 Å². The van der Waals surface area contributed by atoms with Gasteiger partial charge in [-0.2, -0.15) is 0 Å². The predicted octanol–water partition coefficient (Wildman–Crippen LogP) is 10.6. The summed E-state index contributed by atoms with van der Waals surface area (Å²) in [6.07, 6.45) is 44.0. The largest absolute Gasteiger partial charge is 0.394 e. The van der Waals surface area contributed by atoms with Crippen molar-refractivity contribution in [2.24, 2.45) is 0 Å². The number of rotatable bonds is 40. The van der Waals surface area contributed by atoms with Crippen LogP contribution in [-0.4, -0.2) is 87.5 Å². The molecule has 0 saturated carbocycles. The SMILES string of the molecule is CC/C=C\C/C=C\C/C=C\C/C=C\CCCCCCCCCCC(=O)NC(COC1OC(CO)C(O)C(O)C1O)C(O)CCCCCCCCCCCCCCCCC. The van der Waals surface area contributed by atoms with E-state index < -0.39 is 49.5 Å². The lowest BCUT2D eigenvalue weighted by Gasteiger charge is -2.40. The Bertz CT molecular complexity index is 1060. The van der Waals surface area contributed by atoms with E-state index in [1.807, 2.05) is 0 Å². The van der Waals surface area contributed by atoms with Gasteiger partial charge in [-0.1, -0.05) is 197 Å². The minimum absolute atomic E-state index is 0.142. The molecule has 0 aromatic heterocycles. The van der Waals surface area contributed by atoms with Gasteiger partial charge in [0.2, 0.25) is 5.91 Å². The van der Waals surface area contributed by atoms with Crippen LogP contribution >= 0.6 is 0 Å². The lowest BCUT2D eigenvalue weighted by atomic mass is 9.99. The lowest BCUT2D eigenvalue weighted by Crippen LogP contribution is -2.60. The van der Waals surface area contributed by atoms with Crippen LogP contribution in [-0.2, 0) is 14.3 Å². The maximum Gasteiger partial charge on any atom is 0.220 e. The molecule has 1 aliphatic heterocycles. The third-order valence-corrected chi connectivity index (χ3v) is 11.4. The molecule has 0 radical (unpaired) electrons. The Labute approximate surface area is 361 Å². The lowest BCUT2D eigenvalue weighted by molar-refractivity contribution is -0.302. The third-order valence-electron chi connectivity index (χ3n) is 11.4. The van der Waals surface area contributed by atoms with Gasteiger partial charge in [0.25, 0.3) is 0 Å². The molecule has 0 aromatic carbocycles. The molecule has 1 rings (SSSR count). The molecule has 1 fully saturated rings. The van der Waals surface area contributed by atoms with Gasteiger partial charge in [-0.3, -0.25) is 4.79 Å². The zero-order chi connectivity index (χ0) is 43.0. The van der Waals surface area contributed by atoms with Crippen molar-refractivity contribution in [2.75, 3.05) is 13.2 Å². The van der Waals surface area contributed by atoms with Crippen LogP contribution in [0.3, 0.4) is 0 Å². The zero-order valence-electron chi connectivity index (χ0n) is 37.7. The molecule has 0 aromatic rings. The minimum atomic E-state index is -1.56. The Morgan fingerprint density at radius 3 is 1.56 bits per heavy atom. The van der Waals surface area contributed by atoms with Gasteiger partial charge in [0.05, 0.1) is 25.4 Å². The molecule has 1 aliphatic rings. The first-order valence-corrected chi connectivity index (χ1v) is 24.3. The number of hydrogen-bond acceptors (Lipinski definition) is 8. The predicted molar refractivity (Wildman–Crippen MR) is 244 cm³/mol. The van der Waals surface area contributed by atoms with Gasteiger partial charge in [-0.05, 0) is 51.4 Å². The Morgan fingerprint density at radius 1 is 0.593 bits per heavy atom. The minimum Gasteiger partial charge on any atom is -0.394 e. The first-order chi connectivity index (χ1) is 28.8. The third kappa shape index (κ3) is 30.8. The smallest absolute Gasteiger partial charge is 0.220 e. The van der Waals surface area contributed by atoms with Crippen molar-refractivity contribution in [1.29, 1.82) is 0 Å². The number of ether oxygens (including phenoxy) is 2. The molecule has 0 aliphatic carbocycles. The summed E-state index contributed by atoms with van der Waals surface area (Å²) in [4.78, 5) is 13.0. The van der Waals surface area contributed by atoms with Crippen molar-refractivity contribution in [3.8, 4) is 0 Å². The second-order valence-corrected chi connectivity index (χ2v) is 16.9. The van der Waals surface area contributed by atoms with E-state index in [0.29, 0.717) is 12.8 Å². The quantitative estimate of drug-likeness (QED) is 0.0264. The average Bonchev–Trinajstić information content (AvgIpc) is 3.23. The molecule has 6 N–H and O–H groups in total. The summed E-state index contributed by atoms with van der Waals surface area (Å²) in [5, 5.41) is 54.4. The van der Waals surface area contributed by atoms with Gasteiger partial charge in [-0.25, -0.2) is 0 Å². The van der Waals surface area contributed by atoms with Crippen LogP contribution in [0.4, 0.5) is 0 Å². The number of carbonyl (C=O) groups is 1. The second-order valence-electron chi connectivity index (χ2n) is 16.9. The summed E-state index contributed by atoms with van der Waals surface area (Å²) in [5.74, 6) is -0.154. The second kappa shape index (κ2) is 40.2. The van der Waals surface area contributed by atoms with E-state index in [0.717, 1.165) is 70.6 Å². The van der Waals surface area contributed by atoms with E-state index >= 15 is 0 Å². The van der Waals surface area contributed by atoms with Gasteiger partial charge >= 0.3 is 0 Å². The van der Waals surface area contributed by atoms with Crippen LogP contribution in [0.25, 0.3) is 0 Å². The number of unbranched alkanes of at least 4 members (excludes halogenated alkanes) is 22. The van der Waals surface area contributed by atoms with Crippen molar-refractivity contribution in [2.45, 2.75) is 249 Å². The molecule has 7 unspecified atom stereocenters. The van der Waals surface area contributed by atoms with Crippen LogP contribution in [0, 0.1) is 0 Å². The molecule has 1 saturated heterocycles. The summed E-state index contributed by atoms with van der Waals surface area (Å²) in [6.45, 7) is 3.72. The highest BCUT2D eigenvalue weighted by atomic mass is 16.7. The summed E-state index contributed by atoms with van der Waals surface area (Å²) < 4.78 is 11.3. The van der Waals surface area contributed by atoms with Crippen LogP contribution in [0.1, 0.15) is 206 Å². The van der Waals surface area contributed by atoms with Crippen LogP contribution in [0.15, 0.2) is 48.6 Å².